The van der Waals surface area contributed by atoms with E-state index in [1.165, 1.54) is 24.3 Å². The van der Waals surface area contributed by atoms with Crippen LogP contribution in [0.2, 0.25) is 0 Å². The maximum absolute atomic E-state index is 12.1. The van der Waals surface area contributed by atoms with Gasteiger partial charge in [0.2, 0.25) is 5.91 Å². The molecule has 0 spiro atoms. The maximum Gasteiger partial charge on any atom is 0.228 e. The number of amides is 1. The first-order valence-corrected chi connectivity index (χ1v) is 7.07. The number of thioether (sulfide) groups is 1. The van der Waals surface area contributed by atoms with Gasteiger partial charge in [-0.3, -0.25) is 4.79 Å². The summed E-state index contributed by atoms with van der Waals surface area (Å²) in [6, 6.07) is 0.518. The molecule has 1 amide bonds. The second-order valence-corrected chi connectivity index (χ2v) is 5.55. The number of rotatable bonds is 3. The monoisotopic (exact) mass is 228 g/mol. The molecule has 2 aliphatic heterocycles. The van der Waals surface area contributed by atoms with Crippen LogP contribution in [0.1, 0.15) is 19.8 Å². The minimum atomic E-state index is 0.263. The molecule has 0 saturated carbocycles. The van der Waals surface area contributed by atoms with Crippen molar-refractivity contribution in [3.05, 3.63) is 0 Å². The van der Waals surface area contributed by atoms with Crippen molar-refractivity contribution in [3.8, 4) is 0 Å². The van der Waals surface area contributed by atoms with Crippen molar-refractivity contribution in [2.24, 2.45) is 5.92 Å². The Morgan fingerprint density at radius 2 is 2.07 bits per heavy atom. The Morgan fingerprint density at radius 3 is 2.53 bits per heavy atom. The normalized spacial score (nSPS) is 23.5. The largest absolute Gasteiger partial charge is 0.340 e. The Kier molecular flexibility index (Phi) is 3.92. The van der Waals surface area contributed by atoms with Gasteiger partial charge in [-0.1, -0.05) is 0 Å². The van der Waals surface area contributed by atoms with E-state index in [0.29, 0.717) is 11.9 Å². The number of hydrogen-bond donors (Lipinski definition) is 1. The van der Waals surface area contributed by atoms with E-state index in [1.807, 2.05) is 11.8 Å². The highest BCUT2D eigenvalue weighted by molar-refractivity contribution is 7.99. The van der Waals surface area contributed by atoms with Gasteiger partial charge < -0.3 is 10.2 Å². The summed E-state index contributed by atoms with van der Waals surface area (Å²) in [6.07, 6.45) is 2.37. The molecule has 1 N–H and O–H groups in total. The van der Waals surface area contributed by atoms with Gasteiger partial charge in [-0.15, -0.1) is 0 Å². The Balaban J connectivity index is 1.92. The van der Waals surface area contributed by atoms with Crippen LogP contribution in [0.15, 0.2) is 0 Å². The van der Waals surface area contributed by atoms with Gasteiger partial charge in [0.05, 0.1) is 5.92 Å². The highest BCUT2D eigenvalue weighted by Crippen LogP contribution is 2.23. The molecule has 86 valence electrons. The van der Waals surface area contributed by atoms with Crippen molar-refractivity contribution < 1.29 is 4.79 Å². The average molecular weight is 228 g/mol. The highest BCUT2D eigenvalue weighted by Gasteiger charge is 2.32. The van der Waals surface area contributed by atoms with Crippen molar-refractivity contribution in [2.75, 3.05) is 31.1 Å². The van der Waals surface area contributed by atoms with E-state index >= 15 is 0 Å². The van der Waals surface area contributed by atoms with E-state index in [0.717, 1.165) is 19.6 Å². The van der Waals surface area contributed by atoms with E-state index in [9.17, 15) is 4.79 Å². The van der Waals surface area contributed by atoms with Crippen molar-refractivity contribution in [1.29, 1.82) is 0 Å². The molecule has 0 aromatic heterocycles. The van der Waals surface area contributed by atoms with E-state index in [2.05, 4.69) is 17.1 Å². The van der Waals surface area contributed by atoms with Gasteiger partial charge in [-0.05, 0) is 31.3 Å². The molecule has 2 heterocycles. The summed E-state index contributed by atoms with van der Waals surface area (Å²) in [4.78, 5) is 14.3. The lowest BCUT2D eigenvalue weighted by Crippen LogP contribution is -2.54. The third-order valence-corrected chi connectivity index (χ3v) is 4.43. The Bertz CT molecular complexity index is 225. The first-order valence-electron chi connectivity index (χ1n) is 5.92. The van der Waals surface area contributed by atoms with E-state index in [4.69, 9.17) is 0 Å². The third-order valence-electron chi connectivity index (χ3n) is 3.39. The summed E-state index contributed by atoms with van der Waals surface area (Å²) in [5.41, 5.74) is 0. The molecule has 2 saturated heterocycles. The van der Waals surface area contributed by atoms with Crippen molar-refractivity contribution in [3.63, 3.8) is 0 Å². The van der Waals surface area contributed by atoms with Gasteiger partial charge in [0.25, 0.3) is 0 Å². The van der Waals surface area contributed by atoms with Crippen molar-refractivity contribution >= 4 is 17.7 Å². The molecule has 0 atom stereocenters. The molecule has 2 rings (SSSR count). The SMILES string of the molecule is CCN(C(=O)C1CNC1)C1CCSCC1. The van der Waals surface area contributed by atoms with Crippen LogP contribution in [0, 0.1) is 5.92 Å². The van der Waals surface area contributed by atoms with Crippen LogP contribution in [-0.2, 0) is 4.79 Å². The van der Waals surface area contributed by atoms with E-state index in [1.54, 1.807) is 0 Å². The fraction of sp³-hybridized carbons (Fsp3) is 0.909. The Labute approximate surface area is 96.0 Å². The summed E-state index contributed by atoms with van der Waals surface area (Å²) >= 11 is 2.02. The van der Waals surface area contributed by atoms with Gasteiger partial charge in [0, 0.05) is 25.7 Å². The van der Waals surface area contributed by atoms with Gasteiger partial charge >= 0.3 is 0 Å². The van der Waals surface area contributed by atoms with Crippen LogP contribution in [0.5, 0.6) is 0 Å². The number of nitrogens with zero attached hydrogens (tertiary/aromatic N) is 1. The first kappa shape index (κ1) is 11.3. The summed E-state index contributed by atoms with van der Waals surface area (Å²) in [5.74, 6) is 3.09. The second kappa shape index (κ2) is 5.21. The predicted octanol–water partition coefficient (Wildman–Crippen LogP) is 0.950. The summed E-state index contributed by atoms with van der Waals surface area (Å²) in [6.45, 7) is 4.75. The lowest BCUT2D eigenvalue weighted by molar-refractivity contribution is -0.139. The van der Waals surface area contributed by atoms with Crippen LogP contribution < -0.4 is 5.32 Å². The van der Waals surface area contributed by atoms with Crippen molar-refractivity contribution in [1.82, 2.24) is 10.2 Å². The highest BCUT2D eigenvalue weighted by atomic mass is 32.2. The standard InChI is InChI=1S/C11H20N2OS/c1-2-13(10-3-5-15-6-4-10)11(14)9-7-12-8-9/h9-10,12H,2-8H2,1H3. The smallest absolute Gasteiger partial charge is 0.228 e. The number of carbonyl (C=O) groups excluding carboxylic acids is 1. The molecule has 0 unspecified atom stereocenters. The first-order chi connectivity index (χ1) is 7.33. The molecule has 4 heteroatoms. The molecule has 0 radical (unpaired) electrons. The van der Waals surface area contributed by atoms with E-state index < -0.39 is 0 Å². The lowest BCUT2D eigenvalue weighted by atomic mass is 9.99. The number of carbonyl (C=O) groups is 1. The molecule has 3 nitrogen and oxygen atoms in total. The minimum absolute atomic E-state index is 0.263. The zero-order valence-electron chi connectivity index (χ0n) is 9.37. The van der Waals surface area contributed by atoms with Gasteiger partial charge in [0.1, 0.15) is 0 Å². The predicted molar refractivity (Wildman–Crippen MR) is 64.1 cm³/mol. The zero-order valence-corrected chi connectivity index (χ0v) is 10.2. The quantitative estimate of drug-likeness (QED) is 0.780. The van der Waals surface area contributed by atoms with Gasteiger partial charge in [-0.2, -0.15) is 11.8 Å². The molecule has 0 bridgehead atoms. The van der Waals surface area contributed by atoms with Crippen LogP contribution >= 0.6 is 11.8 Å². The molecule has 2 fully saturated rings. The van der Waals surface area contributed by atoms with Crippen LogP contribution in [0.25, 0.3) is 0 Å². The van der Waals surface area contributed by atoms with Crippen LogP contribution in [0.3, 0.4) is 0 Å². The molecule has 0 aliphatic carbocycles. The molecule has 2 aliphatic rings. The molecule has 0 aromatic rings. The van der Waals surface area contributed by atoms with Crippen LogP contribution in [-0.4, -0.2) is 48.0 Å². The molecular formula is C11H20N2OS. The molecular weight excluding hydrogens is 208 g/mol. The summed E-state index contributed by atoms with van der Waals surface area (Å²) in [7, 11) is 0. The maximum atomic E-state index is 12.1. The fourth-order valence-electron chi connectivity index (χ4n) is 2.29. The Morgan fingerprint density at radius 1 is 1.40 bits per heavy atom. The minimum Gasteiger partial charge on any atom is -0.340 e. The number of hydrogen-bond acceptors (Lipinski definition) is 3. The third kappa shape index (κ3) is 2.48. The summed E-state index contributed by atoms with van der Waals surface area (Å²) < 4.78 is 0. The molecule has 15 heavy (non-hydrogen) atoms. The van der Waals surface area contributed by atoms with Gasteiger partial charge in [0.15, 0.2) is 0 Å². The van der Waals surface area contributed by atoms with Crippen molar-refractivity contribution in [2.45, 2.75) is 25.8 Å². The zero-order chi connectivity index (χ0) is 10.7. The number of nitrogens with one attached hydrogen (secondary N) is 1. The average Bonchev–Trinajstić information content (AvgIpc) is 2.18. The summed E-state index contributed by atoms with van der Waals surface area (Å²) in [5, 5.41) is 3.17. The second-order valence-electron chi connectivity index (χ2n) is 4.32. The topological polar surface area (TPSA) is 32.3 Å². The van der Waals surface area contributed by atoms with Crippen LogP contribution in [0.4, 0.5) is 0 Å². The fourth-order valence-corrected chi connectivity index (χ4v) is 3.37. The van der Waals surface area contributed by atoms with Gasteiger partial charge in [-0.25, -0.2) is 0 Å². The molecule has 0 aromatic carbocycles. The lowest BCUT2D eigenvalue weighted by Gasteiger charge is -2.38. The Hall–Kier alpha value is -0.220. The van der Waals surface area contributed by atoms with E-state index in [-0.39, 0.29) is 5.92 Å².